The molecule has 2 aliphatic rings. The van der Waals surface area contributed by atoms with E-state index in [4.69, 9.17) is 0 Å². The molecular formula is C44H51FN3+3. The molecule has 0 bridgehead atoms. The SMILES string of the molecule is CCCCc1cc2c3c4[n+](ccc3c1)C(c1ccc([N+](C)(C)C)cc1-c1cccc[n+]1C)=CC(CC)(CC)c1ccc(F)c(c1-4)C2(C)C. The van der Waals surface area contributed by atoms with Crippen LogP contribution in [0.15, 0.2) is 85.2 Å². The van der Waals surface area contributed by atoms with Gasteiger partial charge in [-0.15, -0.1) is 0 Å². The third-order valence-corrected chi connectivity index (χ3v) is 11.5. The van der Waals surface area contributed by atoms with Crippen LogP contribution in [0.1, 0.15) is 88.1 Å². The van der Waals surface area contributed by atoms with Crippen LogP contribution in [-0.2, 0) is 24.3 Å². The van der Waals surface area contributed by atoms with E-state index < -0.39 is 5.41 Å². The van der Waals surface area contributed by atoms with Crippen molar-refractivity contribution in [1.82, 2.24) is 4.48 Å². The molecule has 0 saturated heterocycles. The first-order valence-corrected chi connectivity index (χ1v) is 17.9. The number of aryl methyl sites for hydroxylation is 2. The average Bonchev–Trinajstić information content (AvgIpc) is 3.18. The third-order valence-electron chi connectivity index (χ3n) is 11.5. The molecule has 0 unspecified atom stereocenters. The van der Waals surface area contributed by atoms with Gasteiger partial charge in [0.1, 0.15) is 18.6 Å². The molecule has 0 N–H and O–H groups in total. The minimum absolute atomic E-state index is 0.110. The lowest BCUT2D eigenvalue weighted by Gasteiger charge is -2.37. The lowest BCUT2D eigenvalue weighted by Crippen LogP contribution is -2.39. The van der Waals surface area contributed by atoms with Crippen molar-refractivity contribution < 1.29 is 13.5 Å². The summed E-state index contributed by atoms with van der Waals surface area (Å²) in [4.78, 5) is 0. The van der Waals surface area contributed by atoms with Crippen LogP contribution in [0, 0.1) is 5.82 Å². The molecule has 0 atom stereocenters. The van der Waals surface area contributed by atoms with Crippen molar-refractivity contribution in [1.29, 1.82) is 0 Å². The maximum Gasteiger partial charge on any atom is 0.227 e. The van der Waals surface area contributed by atoms with E-state index in [1.165, 1.54) is 44.3 Å². The molecule has 0 saturated carbocycles. The number of benzene rings is 3. The molecule has 3 heterocycles. The van der Waals surface area contributed by atoms with Crippen LogP contribution < -0.4 is 13.6 Å². The number of hydrogen-bond acceptors (Lipinski definition) is 0. The van der Waals surface area contributed by atoms with Gasteiger partial charge in [0.25, 0.3) is 0 Å². The quantitative estimate of drug-likeness (QED) is 0.118. The highest BCUT2D eigenvalue weighted by Gasteiger charge is 2.48. The first-order chi connectivity index (χ1) is 22.9. The fourth-order valence-corrected chi connectivity index (χ4v) is 8.56. The molecule has 48 heavy (non-hydrogen) atoms. The number of hydrogen-bond donors (Lipinski definition) is 0. The molecule has 1 aliphatic carbocycles. The van der Waals surface area contributed by atoms with Crippen LogP contribution in [0.25, 0.3) is 39.0 Å². The largest absolute Gasteiger partial charge is 0.298 e. The summed E-state index contributed by atoms with van der Waals surface area (Å²) in [6, 6.07) is 24.3. The Morgan fingerprint density at radius 2 is 1.58 bits per heavy atom. The van der Waals surface area contributed by atoms with E-state index in [2.05, 4.69) is 151 Å². The minimum atomic E-state index is -0.491. The second kappa shape index (κ2) is 11.5. The summed E-state index contributed by atoms with van der Waals surface area (Å²) in [5.74, 6) is -0.110. The molecule has 0 amide bonds. The average molecular weight is 641 g/mol. The fourth-order valence-electron chi connectivity index (χ4n) is 8.56. The Labute approximate surface area is 286 Å². The van der Waals surface area contributed by atoms with Crippen molar-refractivity contribution in [3.63, 3.8) is 0 Å². The second-order valence-corrected chi connectivity index (χ2v) is 15.5. The van der Waals surface area contributed by atoms with Crippen LogP contribution in [0.3, 0.4) is 0 Å². The summed E-state index contributed by atoms with van der Waals surface area (Å²) in [7, 11) is 8.80. The molecular weight excluding hydrogens is 590 g/mol. The lowest BCUT2D eigenvalue weighted by molar-refractivity contribution is -0.660. The molecule has 0 spiro atoms. The van der Waals surface area contributed by atoms with Gasteiger partial charge in [0.2, 0.25) is 17.1 Å². The standard InChI is InChI=1S/C44H51FN3/c1-10-13-16-29-25-30-22-24-47-38(32-19-18-31(48(7,8)9)27-33(32)37-17-14-15-23-46(37)6)28-44(11-2,12-3)34-20-21-36(45)41-40(34)42(47)39(30)35(26-29)43(41,4)5/h14-15,17-28H,10-13,16H2,1-9H3/q+3. The molecule has 0 radical (unpaired) electrons. The molecule has 2 aromatic heterocycles. The van der Waals surface area contributed by atoms with Crippen LogP contribution in [0.5, 0.6) is 0 Å². The highest BCUT2D eigenvalue weighted by atomic mass is 19.1. The van der Waals surface area contributed by atoms with E-state index in [0.717, 1.165) is 64.8 Å². The highest BCUT2D eigenvalue weighted by molar-refractivity contribution is 6.02. The fraction of sp³-hybridized carbons (Fsp3) is 0.364. The van der Waals surface area contributed by atoms with E-state index in [0.29, 0.717) is 0 Å². The van der Waals surface area contributed by atoms with Gasteiger partial charge in [-0.25, -0.2) is 8.96 Å². The topological polar surface area (TPSA) is 7.76 Å². The zero-order valence-corrected chi connectivity index (χ0v) is 30.3. The summed E-state index contributed by atoms with van der Waals surface area (Å²) in [6.07, 6.45) is 12.1. The van der Waals surface area contributed by atoms with Gasteiger partial charge in [-0.2, -0.15) is 4.57 Å². The van der Waals surface area contributed by atoms with Crippen molar-refractivity contribution in [3.05, 3.63) is 119 Å². The van der Waals surface area contributed by atoms with Gasteiger partial charge in [0.05, 0.1) is 43.2 Å². The van der Waals surface area contributed by atoms with Crippen molar-refractivity contribution in [2.24, 2.45) is 7.05 Å². The first kappa shape index (κ1) is 32.4. The monoisotopic (exact) mass is 640 g/mol. The molecule has 246 valence electrons. The zero-order chi connectivity index (χ0) is 34.2. The zero-order valence-electron chi connectivity index (χ0n) is 30.3. The van der Waals surface area contributed by atoms with Gasteiger partial charge in [0.15, 0.2) is 12.4 Å². The number of rotatable bonds is 8. The van der Waals surface area contributed by atoms with Crippen molar-refractivity contribution in [3.8, 4) is 22.5 Å². The molecule has 0 fully saturated rings. The van der Waals surface area contributed by atoms with Crippen LogP contribution in [0.2, 0.25) is 0 Å². The Morgan fingerprint density at radius 1 is 0.812 bits per heavy atom. The predicted molar refractivity (Wildman–Crippen MR) is 199 cm³/mol. The van der Waals surface area contributed by atoms with Crippen molar-refractivity contribution in [2.75, 3.05) is 21.1 Å². The lowest BCUT2D eigenvalue weighted by atomic mass is 9.64. The van der Waals surface area contributed by atoms with Crippen LogP contribution >= 0.6 is 0 Å². The minimum Gasteiger partial charge on any atom is -0.298 e. The molecule has 3 nitrogen and oxygen atoms in total. The third kappa shape index (κ3) is 4.78. The summed E-state index contributed by atoms with van der Waals surface area (Å²) >= 11 is 0. The molecule has 4 heteroatoms. The Hall–Kier alpha value is -4.15. The number of pyridine rings is 2. The van der Waals surface area contributed by atoms with Gasteiger partial charge < -0.3 is 0 Å². The van der Waals surface area contributed by atoms with Crippen LogP contribution in [-0.4, -0.2) is 21.1 Å². The van der Waals surface area contributed by atoms with Gasteiger partial charge in [-0.1, -0.05) is 59.2 Å². The van der Waals surface area contributed by atoms with Crippen molar-refractivity contribution >= 4 is 22.2 Å². The number of halogens is 1. The maximum absolute atomic E-state index is 16.6. The summed E-state index contributed by atoms with van der Waals surface area (Å²) in [6.45, 7) is 11.3. The van der Waals surface area contributed by atoms with Gasteiger partial charge in [-0.05, 0) is 78.1 Å². The van der Waals surface area contributed by atoms with Crippen molar-refractivity contribution in [2.45, 2.75) is 77.6 Å². The van der Waals surface area contributed by atoms with Crippen LogP contribution in [0.4, 0.5) is 10.1 Å². The number of allylic oxidation sites excluding steroid dienone is 1. The summed E-state index contributed by atoms with van der Waals surface area (Å²) in [5, 5.41) is 2.50. The number of quaternary nitrogens is 1. The Balaban J connectivity index is 1.66. The second-order valence-electron chi connectivity index (χ2n) is 15.5. The summed E-state index contributed by atoms with van der Waals surface area (Å²) < 4.78 is 21.9. The predicted octanol–water partition coefficient (Wildman–Crippen LogP) is 9.56. The van der Waals surface area contributed by atoms with E-state index >= 15 is 4.39 Å². The molecule has 1 aliphatic heterocycles. The molecule has 3 aromatic carbocycles. The van der Waals surface area contributed by atoms with E-state index in [9.17, 15) is 0 Å². The maximum atomic E-state index is 16.6. The van der Waals surface area contributed by atoms with Gasteiger partial charge in [-0.3, -0.25) is 4.48 Å². The van der Waals surface area contributed by atoms with E-state index in [1.807, 2.05) is 0 Å². The summed E-state index contributed by atoms with van der Waals surface area (Å²) in [5.41, 5.74) is 12.0. The smallest absolute Gasteiger partial charge is 0.227 e. The number of nitrogens with zero attached hydrogens (tertiary/aromatic N) is 3. The first-order valence-electron chi connectivity index (χ1n) is 17.9. The highest BCUT2D eigenvalue weighted by Crippen LogP contribution is 2.54. The Bertz CT molecular complexity index is 2120. The molecule has 5 aromatic rings. The normalized spacial score (nSPS) is 15.8. The van der Waals surface area contributed by atoms with E-state index in [-0.39, 0.29) is 11.2 Å². The number of unbranched alkanes of at least 4 members (excludes halogenated alkanes) is 1. The Morgan fingerprint density at radius 3 is 2.27 bits per heavy atom. The number of aromatic nitrogens is 2. The van der Waals surface area contributed by atoms with Gasteiger partial charge in [0, 0.05) is 40.7 Å². The molecule has 7 rings (SSSR count). The van der Waals surface area contributed by atoms with E-state index in [1.54, 1.807) is 6.07 Å². The van der Waals surface area contributed by atoms with Gasteiger partial charge >= 0.3 is 0 Å². The Kier molecular flexibility index (Phi) is 7.75.